The molecule has 0 bridgehead atoms. The Morgan fingerprint density at radius 3 is 2.58 bits per heavy atom. The molecule has 1 heterocycles. The minimum atomic E-state index is -4.35. The molecule has 0 radical (unpaired) electrons. The summed E-state index contributed by atoms with van der Waals surface area (Å²) in [5, 5.41) is 3.22. The van der Waals surface area contributed by atoms with Crippen molar-refractivity contribution in [3.05, 3.63) is 23.4 Å². The van der Waals surface area contributed by atoms with Gasteiger partial charge in [-0.1, -0.05) is 13.8 Å². The van der Waals surface area contributed by atoms with Crippen molar-refractivity contribution in [3.8, 4) is 5.88 Å². The van der Waals surface area contributed by atoms with Gasteiger partial charge < -0.3 is 10.1 Å². The van der Waals surface area contributed by atoms with Gasteiger partial charge >= 0.3 is 6.18 Å². The fourth-order valence-electron chi connectivity index (χ4n) is 1.54. The second-order valence-corrected chi connectivity index (χ2v) is 4.88. The Labute approximate surface area is 111 Å². The van der Waals surface area contributed by atoms with Crippen LogP contribution in [0.2, 0.25) is 0 Å². The van der Waals surface area contributed by atoms with Crippen LogP contribution in [-0.2, 0) is 6.54 Å². The van der Waals surface area contributed by atoms with E-state index in [9.17, 15) is 13.2 Å². The Kier molecular flexibility index (Phi) is 5.60. The van der Waals surface area contributed by atoms with Gasteiger partial charge in [-0.25, -0.2) is 4.98 Å². The van der Waals surface area contributed by atoms with E-state index in [0.717, 1.165) is 12.1 Å². The van der Waals surface area contributed by atoms with Crippen LogP contribution in [0.3, 0.4) is 0 Å². The minimum absolute atomic E-state index is 0.0127. The van der Waals surface area contributed by atoms with Gasteiger partial charge in [0.1, 0.15) is 0 Å². The second-order valence-electron chi connectivity index (χ2n) is 4.88. The van der Waals surface area contributed by atoms with Gasteiger partial charge in [0.05, 0.1) is 0 Å². The molecule has 0 amide bonds. The number of hydrogen-bond donors (Lipinski definition) is 1. The van der Waals surface area contributed by atoms with Gasteiger partial charge in [-0.2, -0.15) is 13.2 Å². The lowest BCUT2D eigenvalue weighted by Crippen LogP contribution is -2.21. The SMILES string of the molecule is Cc1cc(CNCC(C)C)cc(OCC(F)(F)F)n1. The van der Waals surface area contributed by atoms with Crippen molar-refractivity contribution < 1.29 is 17.9 Å². The van der Waals surface area contributed by atoms with E-state index in [-0.39, 0.29) is 5.88 Å². The molecule has 1 N–H and O–H groups in total. The molecular formula is C13H19F3N2O. The maximum absolute atomic E-state index is 12.1. The quantitative estimate of drug-likeness (QED) is 0.867. The molecule has 6 heteroatoms. The predicted molar refractivity (Wildman–Crippen MR) is 67.1 cm³/mol. The van der Waals surface area contributed by atoms with Crippen LogP contribution in [0.4, 0.5) is 13.2 Å². The molecule has 3 nitrogen and oxygen atoms in total. The number of pyridine rings is 1. The number of alkyl halides is 3. The number of halogens is 3. The van der Waals surface area contributed by atoms with E-state index in [1.54, 1.807) is 6.92 Å². The fraction of sp³-hybridized carbons (Fsp3) is 0.615. The zero-order valence-corrected chi connectivity index (χ0v) is 11.3. The molecule has 0 saturated heterocycles. The van der Waals surface area contributed by atoms with Crippen LogP contribution < -0.4 is 10.1 Å². The first kappa shape index (κ1) is 15.8. The zero-order valence-electron chi connectivity index (χ0n) is 11.3. The summed E-state index contributed by atoms with van der Waals surface area (Å²) >= 11 is 0. The molecule has 0 aromatic carbocycles. The van der Waals surface area contributed by atoms with Crippen LogP contribution >= 0.6 is 0 Å². The van der Waals surface area contributed by atoms with Crippen LogP contribution in [0.15, 0.2) is 12.1 Å². The predicted octanol–water partition coefficient (Wildman–Crippen LogP) is 3.08. The topological polar surface area (TPSA) is 34.1 Å². The second kappa shape index (κ2) is 6.75. The maximum Gasteiger partial charge on any atom is 0.422 e. The Morgan fingerprint density at radius 2 is 2.00 bits per heavy atom. The summed E-state index contributed by atoms with van der Waals surface area (Å²) in [5.74, 6) is 0.530. The standard InChI is InChI=1S/C13H19F3N2O/c1-9(2)6-17-7-11-4-10(3)18-12(5-11)19-8-13(14,15)16/h4-5,9,17H,6-8H2,1-3H3. The van der Waals surface area contributed by atoms with Crippen molar-refractivity contribution in [2.24, 2.45) is 5.92 Å². The van der Waals surface area contributed by atoms with E-state index in [1.807, 2.05) is 6.07 Å². The van der Waals surface area contributed by atoms with E-state index in [0.29, 0.717) is 18.2 Å². The van der Waals surface area contributed by atoms with E-state index in [1.165, 1.54) is 6.07 Å². The van der Waals surface area contributed by atoms with Crippen molar-refractivity contribution in [1.29, 1.82) is 0 Å². The summed E-state index contributed by atoms with van der Waals surface area (Å²) < 4.78 is 40.9. The normalized spacial score (nSPS) is 11.9. The fourth-order valence-corrected chi connectivity index (χ4v) is 1.54. The van der Waals surface area contributed by atoms with Gasteiger partial charge in [0.2, 0.25) is 5.88 Å². The molecule has 0 aliphatic carbocycles. The summed E-state index contributed by atoms with van der Waals surface area (Å²) in [6.07, 6.45) is -4.35. The van der Waals surface area contributed by atoms with Gasteiger partial charge in [0, 0.05) is 18.3 Å². The molecule has 0 saturated carbocycles. The molecule has 0 unspecified atom stereocenters. The third-order valence-electron chi connectivity index (χ3n) is 2.26. The van der Waals surface area contributed by atoms with E-state index in [4.69, 9.17) is 0 Å². The van der Waals surface area contributed by atoms with Gasteiger partial charge in [0.25, 0.3) is 0 Å². The highest BCUT2D eigenvalue weighted by Crippen LogP contribution is 2.18. The summed E-state index contributed by atoms with van der Waals surface area (Å²) in [6, 6.07) is 3.36. The van der Waals surface area contributed by atoms with Gasteiger partial charge in [-0.3, -0.25) is 0 Å². The molecule has 0 atom stereocenters. The molecule has 1 aromatic heterocycles. The third kappa shape index (κ3) is 7.00. The molecule has 1 rings (SSSR count). The lowest BCUT2D eigenvalue weighted by molar-refractivity contribution is -0.154. The van der Waals surface area contributed by atoms with Gasteiger partial charge in [-0.15, -0.1) is 0 Å². The molecule has 0 fully saturated rings. The van der Waals surface area contributed by atoms with Crippen LogP contribution in [0.25, 0.3) is 0 Å². The monoisotopic (exact) mass is 276 g/mol. The highest BCUT2D eigenvalue weighted by atomic mass is 19.4. The Balaban J connectivity index is 2.61. The van der Waals surface area contributed by atoms with E-state index < -0.39 is 12.8 Å². The zero-order chi connectivity index (χ0) is 14.5. The van der Waals surface area contributed by atoms with Gasteiger partial charge in [-0.05, 0) is 31.0 Å². The number of rotatable bonds is 6. The first-order chi connectivity index (χ1) is 8.76. The van der Waals surface area contributed by atoms with Crippen LogP contribution in [0.5, 0.6) is 5.88 Å². The number of nitrogens with zero attached hydrogens (tertiary/aromatic N) is 1. The van der Waals surface area contributed by atoms with Crippen molar-refractivity contribution in [2.75, 3.05) is 13.2 Å². The lowest BCUT2D eigenvalue weighted by Gasteiger charge is -2.11. The summed E-state index contributed by atoms with van der Waals surface area (Å²) in [5.41, 5.74) is 1.51. The highest BCUT2D eigenvalue weighted by Gasteiger charge is 2.28. The minimum Gasteiger partial charge on any atom is -0.468 e. The van der Waals surface area contributed by atoms with Crippen LogP contribution in [-0.4, -0.2) is 24.3 Å². The highest BCUT2D eigenvalue weighted by molar-refractivity contribution is 5.24. The number of aryl methyl sites for hydroxylation is 1. The number of hydrogen-bond acceptors (Lipinski definition) is 3. The summed E-state index contributed by atoms with van der Waals surface area (Å²) in [4.78, 5) is 3.93. The molecule has 108 valence electrons. The summed E-state index contributed by atoms with van der Waals surface area (Å²) in [6.45, 7) is 6.02. The first-order valence-electron chi connectivity index (χ1n) is 6.14. The third-order valence-corrected chi connectivity index (χ3v) is 2.26. The molecule has 0 aliphatic rings. The molecule has 19 heavy (non-hydrogen) atoms. The number of nitrogens with one attached hydrogen (secondary N) is 1. The van der Waals surface area contributed by atoms with Crippen molar-refractivity contribution in [2.45, 2.75) is 33.5 Å². The van der Waals surface area contributed by atoms with E-state index >= 15 is 0 Å². The maximum atomic E-state index is 12.1. The molecule has 0 spiro atoms. The van der Waals surface area contributed by atoms with E-state index in [2.05, 4.69) is 28.9 Å². The average Bonchev–Trinajstić information content (AvgIpc) is 2.24. The molecular weight excluding hydrogens is 257 g/mol. The Bertz CT molecular complexity index is 405. The van der Waals surface area contributed by atoms with Crippen LogP contribution in [0, 0.1) is 12.8 Å². The lowest BCUT2D eigenvalue weighted by atomic mass is 10.2. The van der Waals surface area contributed by atoms with Crippen LogP contribution in [0.1, 0.15) is 25.1 Å². The molecule has 1 aromatic rings. The smallest absolute Gasteiger partial charge is 0.422 e. The largest absolute Gasteiger partial charge is 0.468 e. The Morgan fingerprint density at radius 1 is 1.32 bits per heavy atom. The Hall–Kier alpha value is -1.30. The number of aromatic nitrogens is 1. The van der Waals surface area contributed by atoms with Crippen molar-refractivity contribution in [1.82, 2.24) is 10.3 Å². The number of ether oxygens (including phenoxy) is 1. The average molecular weight is 276 g/mol. The summed E-state index contributed by atoms with van der Waals surface area (Å²) in [7, 11) is 0. The first-order valence-corrected chi connectivity index (χ1v) is 6.14. The molecule has 0 aliphatic heterocycles. The van der Waals surface area contributed by atoms with Crippen molar-refractivity contribution >= 4 is 0 Å². The van der Waals surface area contributed by atoms with Gasteiger partial charge in [0.15, 0.2) is 6.61 Å². The van der Waals surface area contributed by atoms with Crippen molar-refractivity contribution in [3.63, 3.8) is 0 Å².